The van der Waals surface area contributed by atoms with Crippen molar-refractivity contribution in [3.05, 3.63) is 338 Å². The molecule has 0 saturated heterocycles. The molecule has 0 atom stereocenters. The van der Waals surface area contributed by atoms with Crippen molar-refractivity contribution < 1.29 is 15.1 Å². The van der Waals surface area contributed by atoms with E-state index in [0.717, 1.165) is 133 Å². The van der Waals surface area contributed by atoms with Gasteiger partial charge in [-0.25, -0.2) is 0 Å². The molecule has 0 radical (unpaired) electrons. The van der Waals surface area contributed by atoms with Crippen LogP contribution in [0.25, 0.3) is 116 Å². The topological polar surface area (TPSA) is 11.4 Å². The third-order valence-corrected chi connectivity index (χ3v) is 20.9. The largest absolute Gasteiger partial charge is 0.310 e. The fourth-order valence-electron chi connectivity index (χ4n) is 15.7. The van der Waals surface area contributed by atoms with Gasteiger partial charge in [-0.1, -0.05) is 305 Å². The van der Waals surface area contributed by atoms with Crippen LogP contribution in [0.2, 0.25) is 0 Å². The van der Waals surface area contributed by atoms with E-state index >= 15 is 0 Å². The molecule has 15 aromatic carbocycles. The fourth-order valence-corrected chi connectivity index (χ4v) is 15.7. The Kier molecular flexibility index (Phi) is 12.1. The lowest BCUT2D eigenvalue weighted by Crippen LogP contribution is -2.61. The number of para-hydroxylation sites is 2. The molecule has 0 amide bonds. The van der Waals surface area contributed by atoms with Gasteiger partial charge < -0.3 is 14.4 Å². The molecule has 3 nitrogen and oxygen atoms in total. The van der Waals surface area contributed by atoms with Crippen molar-refractivity contribution in [2.24, 2.45) is 0 Å². The highest BCUT2D eigenvalue weighted by molar-refractivity contribution is 7.00. The number of aromatic nitrogens is 1. The van der Waals surface area contributed by atoms with Gasteiger partial charge in [0, 0.05) is 61.5 Å². The van der Waals surface area contributed by atoms with Crippen LogP contribution in [-0.2, 0) is 16.2 Å². The van der Waals surface area contributed by atoms with Crippen LogP contribution >= 0.6 is 0 Å². The molecule has 3 heterocycles. The summed E-state index contributed by atoms with van der Waals surface area (Å²) < 4.78 is 112. The second kappa shape index (κ2) is 24.0. The molecule has 490 valence electrons. The Labute approximate surface area is 615 Å². The molecule has 0 fully saturated rings. The van der Waals surface area contributed by atoms with Crippen molar-refractivity contribution in [2.45, 2.75) is 78.6 Å². The summed E-state index contributed by atoms with van der Waals surface area (Å²) in [5, 5.41) is 3.64. The molecule has 16 aromatic rings. The van der Waals surface area contributed by atoms with Gasteiger partial charge in [0.05, 0.1) is 37.5 Å². The van der Waals surface area contributed by atoms with Gasteiger partial charge in [-0.3, -0.25) is 0 Å². The number of hydrogen-bond donors (Lipinski definition) is 0. The molecule has 102 heavy (non-hydrogen) atoms. The monoisotopic (exact) mass is 1320 g/mol. The molecule has 0 bridgehead atoms. The predicted octanol–water partition coefficient (Wildman–Crippen LogP) is 25.1. The Morgan fingerprint density at radius 3 is 1.30 bits per heavy atom. The standard InChI is InChI=1S/C98H80BN3/c1-96(2,3)71-56-80(65-35-18-12-19-36-65)94(82(58-71)69-41-30-40-67(53-69)63-31-14-10-15-32-63)101-89-52-49-68(64-33-16-11-17-34-64)55-86(89)99-85-51-50-74(100-87-47-28-26-45-78(87)79-46-27-29-48-88(79)100)62-90(85)102(92-61-73(98(7,8)9)60-91(101)93(92)99)95-81(66-37-20-13-21-38-66)57-72(97(4,5)6)59-84(95)83-54-70-39-22-23-42-75(70)76-43-24-25-44-77(76)83/h10-62H,1-9H3/i26D,27D,28D,29D,45D,46D,47D,48D,50D,51D,62D. The van der Waals surface area contributed by atoms with Gasteiger partial charge in [-0.2, -0.15) is 0 Å². The van der Waals surface area contributed by atoms with Gasteiger partial charge in [0.2, 0.25) is 0 Å². The lowest BCUT2D eigenvalue weighted by atomic mass is 9.33. The van der Waals surface area contributed by atoms with Gasteiger partial charge in [-0.15, -0.1) is 0 Å². The minimum Gasteiger partial charge on any atom is -0.310 e. The summed E-state index contributed by atoms with van der Waals surface area (Å²) in [6.07, 6.45) is 0. The lowest BCUT2D eigenvalue weighted by molar-refractivity contribution is 0.590. The molecule has 4 heteroatoms. The maximum absolute atomic E-state index is 11.9. The van der Waals surface area contributed by atoms with Crippen molar-refractivity contribution >= 4 is 101 Å². The Morgan fingerprint density at radius 2 is 0.735 bits per heavy atom. The van der Waals surface area contributed by atoms with E-state index in [-0.39, 0.29) is 50.7 Å². The van der Waals surface area contributed by atoms with E-state index in [9.17, 15) is 12.3 Å². The van der Waals surface area contributed by atoms with E-state index in [1.807, 2.05) is 42.5 Å². The summed E-state index contributed by atoms with van der Waals surface area (Å²) in [6, 6.07) is 84.2. The highest BCUT2D eigenvalue weighted by Crippen LogP contribution is 2.56. The average molecular weight is 1320 g/mol. The maximum atomic E-state index is 11.9. The Hall–Kier alpha value is -11.7. The van der Waals surface area contributed by atoms with Crippen LogP contribution in [-0.4, -0.2) is 11.3 Å². The van der Waals surface area contributed by atoms with Crippen LogP contribution in [0.3, 0.4) is 0 Å². The second-order valence-electron chi connectivity index (χ2n) is 30.4. The van der Waals surface area contributed by atoms with Gasteiger partial charge in [0.25, 0.3) is 6.71 Å². The van der Waals surface area contributed by atoms with Crippen molar-refractivity contribution in [3.8, 4) is 72.4 Å². The summed E-state index contributed by atoms with van der Waals surface area (Å²) in [5.41, 5.74) is 17.9. The van der Waals surface area contributed by atoms with Crippen LogP contribution in [0.1, 0.15) is 94.1 Å². The highest BCUT2D eigenvalue weighted by atomic mass is 15.2. The van der Waals surface area contributed by atoms with Crippen molar-refractivity contribution in [2.75, 3.05) is 9.80 Å². The van der Waals surface area contributed by atoms with E-state index in [0.29, 0.717) is 16.8 Å². The molecule has 1 aromatic heterocycles. The zero-order valence-corrected chi connectivity index (χ0v) is 58.7. The van der Waals surface area contributed by atoms with Gasteiger partial charge in [0.1, 0.15) is 0 Å². The van der Waals surface area contributed by atoms with Gasteiger partial charge in [0.15, 0.2) is 0 Å². The zero-order chi connectivity index (χ0) is 78.9. The first-order valence-corrected chi connectivity index (χ1v) is 35.3. The van der Waals surface area contributed by atoms with E-state index in [2.05, 4.69) is 284 Å². The SMILES string of the molecule is [2H]c1c([2H])c(-n2c3c([2H])c([2H])c([2H])c([2H])c3c3c([2H])c([2H])c([2H])c([2H])c32)c([2H])c2c1B1c3cc(-c4ccccc4)ccc3N(c3c(-c4ccccc4)cc(C(C)(C)C)cc3-c3cccc(-c4ccccc4)c3)c3cc(C(C)(C)C)cc(c31)N2c1c(-c2ccccc2)cc(C(C)(C)C)cc1-c1cc2ccccc2c2ccccc12. The number of hydrogen-bond acceptors (Lipinski definition) is 2. The summed E-state index contributed by atoms with van der Waals surface area (Å²) >= 11 is 0. The quantitative estimate of drug-likeness (QED) is 0.105. The number of rotatable bonds is 9. The first-order valence-electron chi connectivity index (χ1n) is 40.8. The molecule has 0 spiro atoms. The molecule has 0 aliphatic carbocycles. The first-order chi connectivity index (χ1) is 54.1. The molecular weight excluding hydrogens is 1230 g/mol. The zero-order valence-electron chi connectivity index (χ0n) is 69.7. The molecular formula is C98H80BN3. The number of anilines is 6. The normalized spacial score (nSPS) is 14.4. The first kappa shape index (κ1) is 51.4. The van der Waals surface area contributed by atoms with Crippen molar-refractivity contribution in [1.82, 2.24) is 4.57 Å². The van der Waals surface area contributed by atoms with E-state index in [1.54, 1.807) is 0 Å². The molecule has 2 aliphatic heterocycles. The molecule has 0 saturated carbocycles. The Bertz CT molecular complexity index is 6620. The third kappa shape index (κ3) is 10.4. The number of benzene rings is 15. The summed E-state index contributed by atoms with van der Waals surface area (Å²) in [5.74, 6) is 0. The van der Waals surface area contributed by atoms with Crippen molar-refractivity contribution in [1.29, 1.82) is 0 Å². The number of fused-ring (bicyclic) bond motifs is 10. The van der Waals surface area contributed by atoms with Crippen LogP contribution < -0.4 is 26.2 Å². The summed E-state index contributed by atoms with van der Waals surface area (Å²) in [7, 11) is 0. The lowest BCUT2D eigenvalue weighted by Gasteiger charge is -2.47. The molecule has 0 N–H and O–H groups in total. The Morgan fingerprint density at radius 1 is 0.294 bits per heavy atom. The summed E-state index contributed by atoms with van der Waals surface area (Å²) in [6.45, 7) is 19.1. The minimum atomic E-state index is -0.949. The molecule has 2 aliphatic rings. The average Bonchev–Trinajstić information content (AvgIpc) is 1.16. The van der Waals surface area contributed by atoms with Crippen LogP contribution in [0.15, 0.2) is 321 Å². The second-order valence-corrected chi connectivity index (χ2v) is 30.4. The minimum absolute atomic E-state index is 0.196. The van der Waals surface area contributed by atoms with E-state index in [4.69, 9.17) is 2.74 Å². The summed E-state index contributed by atoms with van der Waals surface area (Å²) in [4.78, 5) is 4.65. The number of nitrogens with zero attached hydrogens (tertiary/aromatic N) is 3. The van der Waals surface area contributed by atoms with Gasteiger partial charge >= 0.3 is 0 Å². The van der Waals surface area contributed by atoms with Crippen LogP contribution in [0.4, 0.5) is 34.1 Å². The van der Waals surface area contributed by atoms with Crippen LogP contribution in [0.5, 0.6) is 0 Å². The maximum Gasteiger partial charge on any atom is 0.252 e. The Balaban J connectivity index is 1.09. The van der Waals surface area contributed by atoms with Crippen LogP contribution in [0, 0.1) is 0 Å². The fraction of sp³-hybridized carbons (Fsp3) is 0.122. The third-order valence-electron chi connectivity index (χ3n) is 20.9. The van der Waals surface area contributed by atoms with Crippen molar-refractivity contribution in [3.63, 3.8) is 0 Å². The molecule has 0 unspecified atom stereocenters. The van der Waals surface area contributed by atoms with E-state index in [1.165, 1.54) is 4.57 Å². The van der Waals surface area contributed by atoms with E-state index < -0.39 is 71.9 Å². The smallest absolute Gasteiger partial charge is 0.252 e. The highest BCUT2D eigenvalue weighted by Gasteiger charge is 2.47. The predicted molar refractivity (Wildman–Crippen MR) is 439 cm³/mol. The van der Waals surface area contributed by atoms with Gasteiger partial charge in [-0.05, 0) is 194 Å². The molecule has 18 rings (SSSR count).